The minimum Gasteiger partial charge on any atom is -0.228 e. The number of aryl methyl sites for hydroxylation is 1. The van der Waals surface area contributed by atoms with Gasteiger partial charge in [-0.15, -0.1) is 0 Å². The lowest BCUT2D eigenvalue weighted by atomic mass is 10.3. The zero-order chi connectivity index (χ0) is 10.8. The zero-order valence-electron chi connectivity index (χ0n) is 7.72. The lowest BCUT2D eigenvalue weighted by molar-refractivity contribution is -0.141. The fourth-order valence-electron chi connectivity index (χ4n) is 0.891. The van der Waals surface area contributed by atoms with Gasteiger partial charge in [-0.3, -0.25) is 0 Å². The summed E-state index contributed by atoms with van der Waals surface area (Å²) in [4.78, 5) is 7.33. The molecule has 1 aromatic heterocycles. The van der Waals surface area contributed by atoms with E-state index in [2.05, 4.69) is 9.97 Å². The Morgan fingerprint density at radius 3 is 2.43 bits per heavy atom. The van der Waals surface area contributed by atoms with Crippen LogP contribution in [0.3, 0.4) is 0 Å². The average molecular weight is 222 g/mol. The van der Waals surface area contributed by atoms with Crippen LogP contribution in [-0.4, -0.2) is 16.2 Å². The van der Waals surface area contributed by atoms with Gasteiger partial charge < -0.3 is 0 Å². The predicted octanol–water partition coefficient (Wildman–Crippen LogP) is 2.78. The molecule has 0 radical (unpaired) electrons. The lowest BCUT2D eigenvalue weighted by Gasteiger charge is -2.08. The summed E-state index contributed by atoms with van der Waals surface area (Å²) >= 11 is 1.11. The molecule has 0 aliphatic carbocycles. The molecule has 0 aromatic carbocycles. The highest BCUT2D eigenvalue weighted by molar-refractivity contribution is 7.98. The van der Waals surface area contributed by atoms with Crippen molar-refractivity contribution in [3.05, 3.63) is 17.5 Å². The standard InChI is InChI=1S/C8H9F3N2S/c1-3-5-4-6(8(9,10)11)13-7(12-5)14-2/h4H,3H2,1-2H3. The third kappa shape index (κ3) is 2.60. The van der Waals surface area contributed by atoms with Gasteiger partial charge in [0.1, 0.15) is 5.69 Å². The van der Waals surface area contributed by atoms with Crippen molar-refractivity contribution < 1.29 is 13.2 Å². The maximum atomic E-state index is 12.3. The van der Waals surface area contributed by atoms with Crippen LogP contribution in [0.25, 0.3) is 0 Å². The van der Waals surface area contributed by atoms with Gasteiger partial charge in [0, 0.05) is 5.69 Å². The molecule has 0 saturated heterocycles. The van der Waals surface area contributed by atoms with Crippen LogP contribution in [0, 0.1) is 0 Å². The fraction of sp³-hybridized carbons (Fsp3) is 0.500. The molecule has 0 unspecified atom stereocenters. The third-order valence-electron chi connectivity index (χ3n) is 1.59. The largest absolute Gasteiger partial charge is 0.433 e. The van der Waals surface area contributed by atoms with Crippen molar-refractivity contribution in [3.63, 3.8) is 0 Å². The van der Waals surface area contributed by atoms with Gasteiger partial charge in [0.05, 0.1) is 0 Å². The molecule has 0 spiro atoms. The number of aromatic nitrogens is 2. The van der Waals surface area contributed by atoms with Crippen LogP contribution in [0.1, 0.15) is 18.3 Å². The smallest absolute Gasteiger partial charge is 0.228 e. The van der Waals surface area contributed by atoms with Crippen LogP contribution in [0.5, 0.6) is 0 Å². The van der Waals surface area contributed by atoms with Crippen molar-refractivity contribution in [3.8, 4) is 0 Å². The Morgan fingerprint density at radius 1 is 1.36 bits per heavy atom. The molecule has 1 aromatic rings. The molecule has 1 heterocycles. The van der Waals surface area contributed by atoms with Crippen LogP contribution in [-0.2, 0) is 12.6 Å². The highest BCUT2D eigenvalue weighted by Crippen LogP contribution is 2.29. The summed E-state index contributed by atoms with van der Waals surface area (Å²) in [5, 5.41) is 0.164. The van der Waals surface area contributed by atoms with E-state index in [1.54, 1.807) is 13.2 Å². The molecule has 1 rings (SSSR count). The van der Waals surface area contributed by atoms with E-state index in [-0.39, 0.29) is 5.16 Å². The first-order chi connectivity index (χ1) is 6.47. The highest BCUT2D eigenvalue weighted by Gasteiger charge is 2.33. The van der Waals surface area contributed by atoms with Gasteiger partial charge in [-0.1, -0.05) is 18.7 Å². The Balaban J connectivity index is 3.17. The number of nitrogens with zero attached hydrogens (tertiary/aromatic N) is 2. The predicted molar refractivity (Wildman–Crippen MR) is 48.2 cm³/mol. The van der Waals surface area contributed by atoms with Crippen molar-refractivity contribution in [1.29, 1.82) is 0 Å². The maximum Gasteiger partial charge on any atom is 0.433 e. The minimum absolute atomic E-state index is 0.164. The number of hydrogen-bond donors (Lipinski definition) is 0. The van der Waals surface area contributed by atoms with E-state index in [1.807, 2.05) is 0 Å². The summed E-state index contributed by atoms with van der Waals surface area (Å²) in [7, 11) is 0. The van der Waals surface area contributed by atoms with Gasteiger partial charge in [0.25, 0.3) is 0 Å². The molecule has 0 fully saturated rings. The molecule has 0 aliphatic heterocycles. The number of thioether (sulfide) groups is 1. The monoisotopic (exact) mass is 222 g/mol. The number of hydrogen-bond acceptors (Lipinski definition) is 3. The fourth-order valence-corrected chi connectivity index (χ4v) is 1.29. The van der Waals surface area contributed by atoms with E-state index < -0.39 is 11.9 Å². The van der Waals surface area contributed by atoms with Crippen molar-refractivity contribution in [2.45, 2.75) is 24.7 Å². The maximum absolute atomic E-state index is 12.3. The number of rotatable bonds is 2. The minimum atomic E-state index is -4.39. The molecule has 0 aliphatic rings. The Bertz CT molecular complexity index is 303. The summed E-state index contributed by atoms with van der Waals surface area (Å²) in [6.45, 7) is 1.76. The zero-order valence-corrected chi connectivity index (χ0v) is 8.54. The first-order valence-corrected chi connectivity index (χ1v) is 5.19. The van der Waals surface area contributed by atoms with E-state index in [4.69, 9.17) is 0 Å². The van der Waals surface area contributed by atoms with E-state index in [0.29, 0.717) is 12.1 Å². The molecule has 0 bridgehead atoms. The van der Waals surface area contributed by atoms with E-state index >= 15 is 0 Å². The molecule has 0 N–H and O–H groups in total. The third-order valence-corrected chi connectivity index (χ3v) is 2.14. The summed E-state index contributed by atoms with van der Waals surface area (Å²) in [5.41, 5.74) is -0.453. The molecule has 78 valence electrons. The molecule has 14 heavy (non-hydrogen) atoms. The second-order valence-corrected chi connectivity index (χ2v) is 3.36. The van der Waals surface area contributed by atoms with Crippen molar-refractivity contribution in [1.82, 2.24) is 9.97 Å². The number of alkyl halides is 3. The summed E-state index contributed by atoms with van der Waals surface area (Å²) < 4.78 is 37.0. The van der Waals surface area contributed by atoms with Crippen molar-refractivity contribution >= 4 is 11.8 Å². The van der Waals surface area contributed by atoms with E-state index in [1.165, 1.54) is 0 Å². The lowest BCUT2D eigenvalue weighted by Crippen LogP contribution is -2.10. The average Bonchev–Trinajstić information content (AvgIpc) is 2.15. The van der Waals surface area contributed by atoms with Gasteiger partial charge in [-0.25, -0.2) is 9.97 Å². The van der Waals surface area contributed by atoms with Crippen molar-refractivity contribution in [2.75, 3.05) is 6.26 Å². The molecule has 0 amide bonds. The Labute approximate surface area is 84.0 Å². The van der Waals surface area contributed by atoms with Gasteiger partial charge >= 0.3 is 6.18 Å². The van der Waals surface area contributed by atoms with Gasteiger partial charge in [0.15, 0.2) is 5.16 Å². The van der Waals surface area contributed by atoms with Crippen LogP contribution >= 0.6 is 11.8 Å². The number of halogens is 3. The quantitative estimate of drug-likeness (QED) is 0.568. The molecule has 6 heteroatoms. The molecular formula is C8H9F3N2S. The Morgan fingerprint density at radius 2 is 2.00 bits per heavy atom. The first-order valence-electron chi connectivity index (χ1n) is 3.96. The second-order valence-electron chi connectivity index (χ2n) is 2.58. The summed E-state index contributed by atoms with van der Waals surface area (Å²) in [6, 6.07) is 0.986. The van der Waals surface area contributed by atoms with E-state index in [0.717, 1.165) is 17.8 Å². The SMILES string of the molecule is CCc1cc(C(F)(F)F)nc(SC)n1. The van der Waals surface area contributed by atoms with Crippen LogP contribution in [0.4, 0.5) is 13.2 Å². The van der Waals surface area contributed by atoms with E-state index in [9.17, 15) is 13.2 Å². The molecule has 2 nitrogen and oxygen atoms in total. The van der Waals surface area contributed by atoms with Crippen LogP contribution in [0.2, 0.25) is 0 Å². The second kappa shape index (κ2) is 4.16. The van der Waals surface area contributed by atoms with Crippen LogP contribution < -0.4 is 0 Å². The van der Waals surface area contributed by atoms with Gasteiger partial charge in [-0.05, 0) is 18.7 Å². The summed E-state index contributed by atoms with van der Waals surface area (Å²) in [5.74, 6) is 0. The van der Waals surface area contributed by atoms with Gasteiger partial charge in [-0.2, -0.15) is 13.2 Å². The molecule has 0 saturated carbocycles. The molecular weight excluding hydrogens is 213 g/mol. The van der Waals surface area contributed by atoms with Gasteiger partial charge in [0.2, 0.25) is 0 Å². The Hall–Kier alpha value is -0.780. The summed E-state index contributed by atoms with van der Waals surface area (Å²) in [6.07, 6.45) is -2.27. The van der Waals surface area contributed by atoms with Crippen LogP contribution in [0.15, 0.2) is 11.2 Å². The normalized spacial score (nSPS) is 11.8. The van der Waals surface area contributed by atoms with Crippen molar-refractivity contribution in [2.24, 2.45) is 0 Å². The topological polar surface area (TPSA) is 25.8 Å². The highest BCUT2D eigenvalue weighted by atomic mass is 32.2. The molecule has 0 atom stereocenters. The first kappa shape index (κ1) is 11.3. The Kier molecular flexibility index (Phi) is 3.36.